The van der Waals surface area contributed by atoms with Crippen molar-refractivity contribution < 1.29 is 5.11 Å². The number of aliphatic hydroxyl groups excluding tert-OH is 1. The molecule has 3 N–H and O–H groups in total. The van der Waals surface area contributed by atoms with Crippen LogP contribution in [0.3, 0.4) is 0 Å². The first-order chi connectivity index (χ1) is 5.78. The van der Waals surface area contributed by atoms with Crippen LogP contribution in [0.15, 0.2) is 23.8 Å². The van der Waals surface area contributed by atoms with Crippen LogP contribution >= 0.6 is 0 Å². The summed E-state index contributed by atoms with van der Waals surface area (Å²) in [5.41, 5.74) is 6.71. The van der Waals surface area contributed by atoms with Gasteiger partial charge >= 0.3 is 0 Å². The number of allylic oxidation sites excluding steroid dienone is 4. The predicted octanol–water partition coefficient (Wildman–Crippen LogP) is 1.47. The fourth-order valence-corrected chi connectivity index (χ4v) is 1.05. The third-order valence-corrected chi connectivity index (χ3v) is 1.87. The van der Waals surface area contributed by atoms with Crippen LogP contribution in [0.4, 0.5) is 0 Å². The zero-order chi connectivity index (χ0) is 9.40. The van der Waals surface area contributed by atoms with Crippen LogP contribution in [0.2, 0.25) is 0 Å². The van der Waals surface area contributed by atoms with Crippen LogP contribution in [0, 0.1) is 5.92 Å². The second-order valence-electron chi connectivity index (χ2n) is 2.85. The lowest BCUT2D eigenvalue weighted by atomic mass is 10.00. The van der Waals surface area contributed by atoms with E-state index in [-0.39, 0.29) is 12.5 Å². The van der Waals surface area contributed by atoms with Gasteiger partial charge < -0.3 is 10.8 Å². The van der Waals surface area contributed by atoms with E-state index in [1.807, 2.05) is 19.9 Å². The minimum absolute atomic E-state index is 0.172. The van der Waals surface area contributed by atoms with Gasteiger partial charge in [0.15, 0.2) is 0 Å². The Balaban J connectivity index is 4.01. The van der Waals surface area contributed by atoms with Crippen LogP contribution in [-0.4, -0.2) is 18.3 Å². The summed E-state index contributed by atoms with van der Waals surface area (Å²) in [5.74, 6) is 0.201. The summed E-state index contributed by atoms with van der Waals surface area (Å²) in [6.45, 7) is 4.71. The van der Waals surface area contributed by atoms with Crippen molar-refractivity contribution in [3.63, 3.8) is 0 Å². The zero-order valence-electron chi connectivity index (χ0n) is 7.96. The molecule has 0 spiro atoms. The van der Waals surface area contributed by atoms with Gasteiger partial charge in [-0.25, -0.2) is 0 Å². The molecule has 0 rings (SSSR count). The molecule has 0 aromatic rings. The molecule has 0 amide bonds. The van der Waals surface area contributed by atoms with Crippen LogP contribution < -0.4 is 5.73 Å². The van der Waals surface area contributed by atoms with E-state index >= 15 is 0 Å². The second kappa shape index (κ2) is 7.07. The van der Waals surface area contributed by atoms with Gasteiger partial charge in [-0.2, -0.15) is 0 Å². The van der Waals surface area contributed by atoms with Crippen molar-refractivity contribution in [2.45, 2.75) is 20.3 Å². The van der Waals surface area contributed by atoms with Gasteiger partial charge in [0.2, 0.25) is 0 Å². The highest BCUT2D eigenvalue weighted by atomic mass is 16.3. The summed E-state index contributed by atoms with van der Waals surface area (Å²) in [7, 11) is 0. The monoisotopic (exact) mass is 169 g/mol. The molecule has 1 unspecified atom stereocenters. The maximum absolute atomic E-state index is 8.91. The molecule has 70 valence electrons. The number of aliphatic hydroxyl groups is 1. The molecule has 0 radical (unpaired) electrons. The van der Waals surface area contributed by atoms with Crippen LogP contribution in [0.1, 0.15) is 20.3 Å². The smallest absolute Gasteiger partial charge is 0.0474 e. The number of nitrogens with two attached hydrogens (primary N) is 1. The van der Waals surface area contributed by atoms with Crippen LogP contribution in [0.5, 0.6) is 0 Å². The third kappa shape index (κ3) is 4.31. The van der Waals surface area contributed by atoms with Crippen LogP contribution in [0.25, 0.3) is 0 Å². The molecule has 0 aliphatic rings. The van der Waals surface area contributed by atoms with Gasteiger partial charge in [0, 0.05) is 6.61 Å². The summed E-state index contributed by atoms with van der Waals surface area (Å²) < 4.78 is 0. The molecule has 0 aliphatic heterocycles. The Hall–Kier alpha value is -0.600. The highest BCUT2D eigenvalue weighted by Gasteiger charge is 2.05. The maximum atomic E-state index is 8.91. The lowest BCUT2D eigenvalue weighted by Gasteiger charge is -2.11. The lowest BCUT2D eigenvalue weighted by molar-refractivity contribution is 0.230. The molecule has 0 saturated carbocycles. The van der Waals surface area contributed by atoms with E-state index in [9.17, 15) is 0 Å². The fraction of sp³-hybridized carbons (Fsp3) is 0.600. The predicted molar refractivity (Wildman–Crippen MR) is 52.8 cm³/mol. The van der Waals surface area contributed by atoms with E-state index in [1.54, 1.807) is 0 Å². The van der Waals surface area contributed by atoms with Crippen molar-refractivity contribution in [1.29, 1.82) is 0 Å². The van der Waals surface area contributed by atoms with Crippen LogP contribution in [-0.2, 0) is 0 Å². The third-order valence-electron chi connectivity index (χ3n) is 1.87. The lowest BCUT2D eigenvalue weighted by Crippen LogP contribution is -2.18. The Labute approximate surface area is 74.8 Å². The van der Waals surface area contributed by atoms with Crippen molar-refractivity contribution >= 4 is 0 Å². The van der Waals surface area contributed by atoms with E-state index in [1.165, 1.54) is 5.57 Å². The Bertz CT molecular complexity index is 157. The SMILES string of the molecule is C/C=C\C(=C/C)CC(CN)CO. The normalized spacial score (nSPS) is 15.5. The van der Waals surface area contributed by atoms with Crippen molar-refractivity contribution in [1.82, 2.24) is 0 Å². The molecule has 0 aromatic carbocycles. The Morgan fingerprint density at radius 1 is 1.50 bits per heavy atom. The topological polar surface area (TPSA) is 46.2 Å². The van der Waals surface area contributed by atoms with Gasteiger partial charge in [-0.1, -0.05) is 23.8 Å². The first-order valence-corrected chi connectivity index (χ1v) is 4.37. The quantitative estimate of drug-likeness (QED) is 0.612. The van der Waals surface area contributed by atoms with E-state index in [2.05, 4.69) is 12.2 Å². The highest BCUT2D eigenvalue weighted by Crippen LogP contribution is 2.11. The molecule has 0 bridgehead atoms. The van der Waals surface area contributed by atoms with E-state index in [4.69, 9.17) is 10.8 Å². The van der Waals surface area contributed by atoms with Crippen molar-refractivity contribution in [3.8, 4) is 0 Å². The average Bonchev–Trinajstić information content (AvgIpc) is 2.12. The molecule has 0 aromatic heterocycles. The molecule has 1 atom stereocenters. The first-order valence-electron chi connectivity index (χ1n) is 4.37. The first kappa shape index (κ1) is 11.4. The molecule has 0 fully saturated rings. The van der Waals surface area contributed by atoms with Crippen molar-refractivity contribution in [2.24, 2.45) is 11.7 Å². The van der Waals surface area contributed by atoms with Gasteiger partial charge in [0.25, 0.3) is 0 Å². The summed E-state index contributed by atoms with van der Waals surface area (Å²) in [6, 6.07) is 0. The van der Waals surface area contributed by atoms with E-state index in [0.29, 0.717) is 6.54 Å². The summed E-state index contributed by atoms with van der Waals surface area (Å²) >= 11 is 0. The minimum Gasteiger partial charge on any atom is -0.396 e. The molecule has 2 nitrogen and oxygen atoms in total. The summed E-state index contributed by atoms with van der Waals surface area (Å²) in [4.78, 5) is 0. The van der Waals surface area contributed by atoms with Gasteiger partial charge in [0.1, 0.15) is 0 Å². The van der Waals surface area contributed by atoms with Gasteiger partial charge in [0.05, 0.1) is 0 Å². The molecule has 0 heterocycles. The zero-order valence-corrected chi connectivity index (χ0v) is 7.96. The van der Waals surface area contributed by atoms with Gasteiger partial charge in [-0.15, -0.1) is 0 Å². The van der Waals surface area contributed by atoms with Gasteiger partial charge in [-0.3, -0.25) is 0 Å². The molecule has 12 heavy (non-hydrogen) atoms. The molecular formula is C10H19NO. The average molecular weight is 169 g/mol. The fourth-order valence-electron chi connectivity index (χ4n) is 1.05. The second-order valence-corrected chi connectivity index (χ2v) is 2.85. The standard InChI is InChI=1S/C10H19NO/c1-3-5-9(4-2)6-10(7-11)8-12/h3-5,10,12H,6-8,11H2,1-2H3/b5-3-,9-4+. The van der Waals surface area contributed by atoms with E-state index in [0.717, 1.165) is 6.42 Å². The number of hydrogen-bond donors (Lipinski definition) is 2. The summed E-state index contributed by atoms with van der Waals surface area (Å²) in [6.07, 6.45) is 6.98. The Morgan fingerprint density at radius 2 is 2.17 bits per heavy atom. The minimum atomic E-state index is 0.172. The maximum Gasteiger partial charge on any atom is 0.0474 e. The Morgan fingerprint density at radius 3 is 2.50 bits per heavy atom. The number of hydrogen-bond acceptors (Lipinski definition) is 2. The van der Waals surface area contributed by atoms with Crippen molar-refractivity contribution in [2.75, 3.05) is 13.2 Å². The largest absolute Gasteiger partial charge is 0.396 e. The molecule has 0 aliphatic carbocycles. The Kier molecular flexibility index (Phi) is 6.72. The molecule has 2 heteroatoms. The highest BCUT2D eigenvalue weighted by molar-refractivity contribution is 5.17. The molecule has 0 saturated heterocycles. The van der Waals surface area contributed by atoms with Crippen molar-refractivity contribution in [3.05, 3.63) is 23.8 Å². The molecular weight excluding hydrogens is 150 g/mol. The van der Waals surface area contributed by atoms with E-state index < -0.39 is 0 Å². The number of rotatable bonds is 5. The van der Waals surface area contributed by atoms with Gasteiger partial charge in [-0.05, 0) is 32.7 Å². The summed E-state index contributed by atoms with van der Waals surface area (Å²) in [5, 5.41) is 8.91.